The van der Waals surface area contributed by atoms with Gasteiger partial charge in [0.2, 0.25) is 0 Å². The number of carboxylic acids is 1. The second-order valence-electron chi connectivity index (χ2n) is 5.84. The van der Waals surface area contributed by atoms with Crippen molar-refractivity contribution in [3.05, 3.63) is 17.5 Å². The fourth-order valence-corrected chi connectivity index (χ4v) is 2.11. The van der Waals surface area contributed by atoms with Gasteiger partial charge in [0.25, 0.3) is 0 Å². The number of nitrogens with one attached hydrogen (secondary N) is 2. The van der Waals surface area contributed by atoms with E-state index in [1.165, 1.54) is 0 Å². The van der Waals surface area contributed by atoms with Crippen LogP contribution in [0.2, 0.25) is 0 Å². The number of amides is 2. The molecule has 0 aliphatic rings. The molecular weight excluding hydrogens is 272 g/mol. The molecule has 2 amide bonds. The summed E-state index contributed by atoms with van der Waals surface area (Å²) in [7, 11) is 0. The van der Waals surface area contributed by atoms with Crippen LogP contribution in [0.1, 0.15) is 38.1 Å². The highest BCUT2D eigenvalue weighted by molar-refractivity contribution is 5.76. The van der Waals surface area contributed by atoms with Gasteiger partial charge in [0.1, 0.15) is 0 Å². The Morgan fingerprint density at radius 1 is 1.38 bits per heavy atom. The fourth-order valence-electron chi connectivity index (χ4n) is 2.11. The molecule has 21 heavy (non-hydrogen) atoms. The molecule has 7 heteroatoms. The van der Waals surface area contributed by atoms with Crippen molar-refractivity contribution in [2.75, 3.05) is 6.54 Å². The van der Waals surface area contributed by atoms with Gasteiger partial charge >= 0.3 is 12.0 Å². The molecule has 1 rings (SSSR count). The van der Waals surface area contributed by atoms with Gasteiger partial charge in [0, 0.05) is 24.3 Å². The maximum Gasteiger partial charge on any atom is 0.315 e. The van der Waals surface area contributed by atoms with E-state index in [1.807, 2.05) is 24.6 Å². The van der Waals surface area contributed by atoms with Gasteiger partial charge < -0.3 is 15.7 Å². The summed E-state index contributed by atoms with van der Waals surface area (Å²) in [5.74, 6) is -0.940. The minimum absolute atomic E-state index is 0.119. The lowest BCUT2D eigenvalue weighted by molar-refractivity contribution is -0.138. The first-order valence-electron chi connectivity index (χ1n) is 6.98. The van der Waals surface area contributed by atoms with Crippen LogP contribution >= 0.6 is 0 Å². The van der Waals surface area contributed by atoms with E-state index in [9.17, 15) is 9.59 Å². The number of carboxylic acid groups (broad SMARTS) is 1. The smallest absolute Gasteiger partial charge is 0.315 e. The van der Waals surface area contributed by atoms with Crippen LogP contribution in [0.5, 0.6) is 0 Å². The third kappa shape index (κ3) is 6.29. The molecule has 7 nitrogen and oxygen atoms in total. The van der Waals surface area contributed by atoms with Crippen LogP contribution in [0.3, 0.4) is 0 Å². The van der Waals surface area contributed by atoms with E-state index < -0.39 is 11.5 Å². The minimum atomic E-state index is -0.940. The van der Waals surface area contributed by atoms with E-state index in [4.69, 9.17) is 5.11 Å². The molecule has 0 spiro atoms. The van der Waals surface area contributed by atoms with Crippen molar-refractivity contribution in [3.63, 3.8) is 0 Å². The van der Waals surface area contributed by atoms with E-state index in [0.29, 0.717) is 6.54 Å². The zero-order chi connectivity index (χ0) is 16.0. The molecule has 0 radical (unpaired) electrons. The zero-order valence-corrected chi connectivity index (χ0v) is 13.1. The Morgan fingerprint density at radius 3 is 2.57 bits per heavy atom. The third-order valence-corrected chi connectivity index (χ3v) is 2.98. The molecule has 0 saturated heterocycles. The first-order chi connectivity index (χ1) is 9.69. The summed E-state index contributed by atoms with van der Waals surface area (Å²) in [6.45, 7) is 8.53. The van der Waals surface area contributed by atoms with Gasteiger partial charge in [0.15, 0.2) is 0 Å². The van der Waals surface area contributed by atoms with Crippen LogP contribution in [-0.2, 0) is 11.3 Å². The quantitative estimate of drug-likeness (QED) is 0.663. The van der Waals surface area contributed by atoms with Crippen LogP contribution < -0.4 is 10.6 Å². The largest absolute Gasteiger partial charge is 0.481 e. The molecular formula is C14H24N4O3. The van der Waals surface area contributed by atoms with E-state index in [1.54, 1.807) is 13.8 Å². The Kier molecular flexibility index (Phi) is 5.75. The van der Waals surface area contributed by atoms with Crippen molar-refractivity contribution in [2.24, 2.45) is 0 Å². The molecule has 118 valence electrons. The minimum Gasteiger partial charge on any atom is -0.481 e. The topological polar surface area (TPSA) is 96.2 Å². The van der Waals surface area contributed by atoms with E-state index in [2.05, 4.69) is 15.7 Å². The number of aromatic nitrogens is 2. The van der Waals surface area contributed by atoms with Crippen molar-refractivity contribution in [2.45, 2.75) is 52.6 Å². The zero-order valence-electron chi connectivity index (χ0n) is 13.1. The SMILES string of the molecule is Cc1cc(C)n(CCCNC(=O)NC(C)(C)CC(=O)O)n1. The summed E-state index contributed by atoms with van der Waals surface area (Å²) in [5, 5.41) is 18.5. The number of hydrogen-bond acceptors (Lipinski definition) is 3. The predicted molar refractivity (Wildman–Crippen MR) is 79.2 cm³/mol. The van der Waals surface area contributed by atoms with Crippen LogP contribution in [0.4, 0.5) is 4.79 Å². The molecule has 0 fully saturated rings. The molecule has 0 bridgehead atoms. The number of carbonyl (C=O) groups excluding carboxylic acids is 1. The lowest BCUT2D eigenvalue weighted by Crippen LogP contribution is -2.49. The molecule has 0 aliphatic heterocycles. The van der Waals surface area contributed by atoms with Crippen molar-refractivity contribution in [3.8, 4) is 0 Å². The molecule has 0 saturated carbocycles. The van der Waals surface area contributed by atoms with Crippen LogP contribution in [0, 0.1) is 13.8 Å². The molecule has 1 aromatic heterocycles. The third-order valence-electron chi connectivity index (χ3n) is 2.98. The highest BCUT2D eigenvalue weighted by Crippen LogP contribution is 2.07. The van der Waals surface area contributed by atoms with Gasteiger partial charge in [-0.1, -0.05) is 0 Å². The predicted octanol–water partition coefficient (Wildman–Crippen LogP) is 1.44. The van der Waals surface area contributed by atoms with Crippen molar-refractivity contribution >= 4 is 12.0 Å². The summed E-state index contributed by atoms with van der Waals surface area (Å²) in [6.07, 6.45) is 0.640. The lowest BCUT2D eigenvalue weighted by Gasteiger charge is -2.24. The summed E-state index contributed by atoms with van der Waals surface area (Å²) in [6, 6.07) is 1.66. The maximum absolute atomic E-state index is 11.7. The number of aliphatic carboxylic acids is 1. The molecule has 1 aromatic rings. The Balaban J connectivity index is 2.28. The second kappa shape index (κ2) is 7.10. The molecule has 0 atom stereocenters. The standard InChI is InChI=1S/C14H24N4O3/c1-10-8-11(2)18(17-10)7-5-6-15-13(21)16-14(3,4)9-12(19)20/h8H,5-7,9H2,1-4H3,(H,19,20)(H2,15,16,21). The molecule has 0 unspecified atom stereocenters. The average molecular weight is 296 g/mol. The Hall–Kier alpha value is -2.05. The average Bonchev–Trinajstić information content (AvgIpc) is 2.60. The molecule has 0 aliphatic carbocycles. The second-order valence-corrected chi connectivity index (χ2v) is 5.84. The van der Waals surface area contributed by atoms with E-state index in [0.717, 1.165) is 24.4 Å². The number of rotatable bonds is 7. The number of urea groups is 1. The highest BCUT2D eigenvalue weighted by Gasteiger charge is 2.23. The van der Waals surface area contributed by atoms with E-state index >= 15 is 0 Å². The van der Waals surface area contributed by atoms with Gasteiger partial charge in [-0.05, 0) is 40.2 Å². The van der Waals surface area contributed by atoms with Crippen LogP contribution in [0.25, 0.3) is 0 Å². The first-order valence-corrected chi connectivity index (χ1v) is 6.98. The Morgan fingerprint density at radius 2 is 2.05 bits per heavy atom. The molecule has 0 aromatic carbocycles. The number of aryl methyl sites for hydroxylation is 3. The molecule has 1 heterocycles. The number of carbonyl (C=O) groups is 2. The van der Waals surface area contributed by atoms with Crippen LogP contribution in [0.15, 0.2) is 6.07 Å². The summed E-state index contributed by atoms with van der Waals surface area (Å²) in [4.78, 5) is 22.4. The monoisotopic (exact) mass is 296 g/mol. The van der Waals surface area contributed by atoms with Gasteiger partial charge in [0.05, 0.1) is 12.1 Å². The van der Waals surface area contributed by atoms with Gasteiger partial charge in [-0.2, -0.15) is 5.10 Å². The van der Waals surface area contributed by atoms with Crippen molar-refractivity contribution in [1.29, 1.82) is 0 Å². The Bertz CT molecular complexity index is 508. The summed E-state index contributed by atoms with van der Waals surface area (Å²) >= 11 is 0. The maximum atomic E-state index is 11.7. The number of hydrogen-bond donors (Lipinski definition) is 3. The van der Waals surface area contributed by atoms with E-state index in [-0.39, 0.29) is 12.5 Å². The highest BCUT2D eigenvalue weighted by atomic mass is 16.4. The van der Waals surface area contributed by atoms with Gasteiger partial charge in [-0.25, -0.2) is 4.79 Å². The van der Waals surface area contributed by atoms with Crippen LogP contribution in [-0.4, -0.2) is 39.0 Å². The van der Waals surface area contributed by atoms with Crippen molar-refractivity contribution < 1.29 is 14.7 Å². The van der Waals surface area contributed by atoms with Gasteiger partial charge in [-0.3, -0.25) is 9.48 Å². The first kappa shape index (κ1) is 17.0. The molecule has 3 N–H and O–H groups in total. The lowest BCUT2D eigenvalue weighted by atomic mass is 10.0. The summed E-state index contributed by atoms with van der Waals surface area (Å²) in [5.41, 5.74) is 1.30. The van der Waals surface area contributed by atoms with Gasteiger partial charge in [-0.15, -0.1) is 0 Å². The number of nitrogens with zero attached hydrogens (tertiary/aromatic N) is 2. The normalized spacial score (nSPS) is 11.2. The fraction of sp³-hybridized carbons (Fsp3) is 0.643. The Labute approximate surface area is 124 Å². The van der Waals surface area contributed by atoms with Crippen molar-refractivity contribution in [1.82, 2.24) is 20.4 Å². The summed E-state index contributed by atoms with van der Waals surface area (Å²) < 4.78 is 1.91.